The molecule has 16 heavy (non-hydrogen) atoms. The van der Waals surface area contributed by atoms with Gasteiger partial charge in [0.25, 0.3) is 0 Å². The van der Waals surface area contributed by atoms with Crippen LogP contribution in [0.15, 0.2) is 12.1 Å². The Morgan fingerprint density at radius 2 is 2.31 bits per heavy atom. The Bertz CT molecular complexity index is 444. The van der Waals surface area contributed by atoms with Crippen molar-refractivity contribution in [2.24, 2.45) is 0 Å². The maximum atomic E-state index is 10.9. The van der Waals surface area contributed by atoms with Crippen molar-refractivity contribution in [2.45, 2.75) is 6.42 Å². The number of hydrogen-bond acceptors (Lipinski definition) is 4. The molecule has 0 fully saturated rings. The monoisotopic (exact) mass is 236 g/mol. The van der Waals surface area contributed by atoms with E-state index in [1.54, 1.807) is 12.1 Å². The molecular formula is C12H12O3S. The van der Waals surface area contributed by atoms with Crippen LogP contribution in [0.4, 0.5) is 0 Å². The van der Waals surface area contributed by atoms with Crippen LogP contribution in [-0.4, -0.2) is 24.3 Å². The van der Waals surface area contributed by atoms with Crippen LogP contribution in [0.1, 0.15) is 22.3 Å². The van der Waals surface area contributed by atoms with Crippen LogP contribution < -0.4 is 4.74 Å². The Balaban J connectivity index is 3.17. The molecule has 1 N–H and O–H groups in total. The first kappa shape index (κ1) is 12.5. The molecule has 0 bridgehead atoms. The summed E-state index contributed by atoms with van der Waals surface area (Å²) in [6, 6.07) is 3.22. The molecule has 84 valence electrons. The lowest BCUT2D eigenvalue weighted by atomic mass is 10.1. The van der Waals surface area contributed by atoms with Crippen LogP contribution in [0.2, 0.25) is 0 Å². The van der Waals surface area contributed by atoms with Gasteiger partial charge >= 0.3 is 0 Å². The molecule has 0 amide bonds. The molecule has 4 heteroatoms. The van der Waals surface area contributed by atoms with Crippen LogP contribution in [0.5, 0.6) is 11.5 Å². The molecule has 0 heterocycles. The summed E-state index contributed by atoms with van der Waals surface area (Å²) in [5.41, 5.74) is 0.654. The minimum absolute atomic E-state index is 0.158. The number of methoxy groups -OCH3 is 1. The molecule has 0 aromatic heterocycles. The van der Waals surface area contributed by atoms with Crippen molar-refractivity contribution < 1.29 is 14.6 Å². The number of thiol groups is 1. The Kier molecular flexibility index (Phi) is 4.74. The second-order valence-corrected chi connectivity index (χ2v) is 3.42. The smallest absolute Gasteiger partial charge is 0.169 e. The third kappa shape index (κ3) is 2.71. The fourth-order valence-electron chi connectivity index (χ4n) is 1.19. The predicted molar refractivity (Wildman–Crippen MR) is 65.4 cm³/mol. The van der Waals surface area contributed by atoms with Gasteiger partial charge in [-0.3, -0.25) is 4.79 Å². The number of phenols is 1. The van der Waals surface area contributed by atoms with Gasteiger partial charge in [-0.05, 0) is 12.1 Å². The summed E-state index contributed by atoms with van der Waals surface area (Å²) in [5.74, 6) is 6.42. The number of aromatic hydroxyl groups is 1. The molecule has 0 atom stereocenters. The molecular weight excluding hydrogens is 224 g/mol. The lowest BCUT2D eigenvalue weighted by Gasteiger charge is -2.06. The molecule has 3 nitrogen and oxygen atoms in total. The Labute approximate surface area is 99.8 Å². The molecule has 0 unspecified atom stereocenters. The highest BCUT2D eigenvalue weighted by molar-refractivity contribution is 7.80. The van der Waals surface area contributed by atoms with Crippen molar-refractivity contribution in [1.29, 1.82) is 0 Å². The summed E-state index contributed by atoms with van der Waals surface area (Å²) < 4.78 is 4.90. The summed E-state index contributed by atoms with van der Waals surface area (Å²) in [7, 11) is 1.43. The number of ether oxygens (including phenoxy) is 1. The lowest BCUT2D eigenvalue weighted by molar-refractivity contribution is 0.112. The molecule has 0 saturated heterocycles. The average Bonchev–Trinajstić information content (AvgIpc) is 2.30. The zero-order chi connectivity index (χ0) is 12.0. The van der Waals surface area contributed by atoms with Crippen LogP contribution in [0, 0.1) is 11.8 Å². The molecule has 1 aromatic carbocycles. The summed E-state index contributed by atoms with van der Waals surface area (Å²) >= 11 is 4.03. The van der Waals surface area contributed by atoms with E-state index < -0.39 is 0 Å². The molecule has 0 aliphatic carbocycles. The van der Waals surface area contributed by atoms with Crippen molar-refractivity contribution >= 4 is 18.9 Å². The number of carbonyl (C=O) groups excluding carboxylic acids is 1. The number of benzene rings is 1. The Hall–Kier alpha value is -1.60. The van der Waals surface area contributed by atoms with Gasteiger partial charge in [0.1, 0.15) is 0 Å². The zero-order valence-corrected chi connectivity index (χ0v) is 9.75. The number of aldehydes is 1. The van der Waals surface area contributed by atoms with Crippen LogP contribution >= 0.6 is 12.6 Å². The second-order valence-electron chi connectivity index (χ2n) is 2.97. The quantitative estimate of drug-likeness (QED) is 0.478. The lowest BCUT2D eigenvalue weighted by Crippen LogP contribution is -1.92. The molecule has 0 spiro atoms. The fraction of sp³-hybridized carbons (Fsp3) is 0.250. The summed E-state index contributed by atoms with van der Waals surface area (Å²) in [5, 5.41) is 9.69. The summed E-state index contributed by atoms with van der Waals surface area (Å²) in [4.78, 5) is 10.9. The average molecular weight is 236 g/mol. The number of carbonyl (C=O) groups is 1. The first-order chi connectivity index (χ1) is 7.74. The summed E-state index contributed by atoms with van der Waals surface area (Å²) in [6.07, 6.45) is 1.21. The van der Waals surface area contributed by atoms with Crippen LogP contribution in [0.25, 0.3) is 0 Å². The van der Waals surface area contributed by atoms with E-state index >= 15 is 0 Å². The van der Waals surface area contributed by atoms with Gasteiger partial charge < -0.3 is 9.84 Å². The Morgan fingerprint density at radius 1 is 1.56 bits per heavy atom. The van der Waals surface area contributed by atoms with Crippen molar-refractivity contribution in [3.05, 3.63) is 23.3 Å². The predicted octanol–water partition coefficient (Wildman–Crippen LogP) is 1.88. The van der Waals surface area contributed by atoms with Crippen LogP contribution in [0.3, 0.4) is 0 Å². The van der Waals surface area contributed by atoms with Crippen LogP contribution in [-0.2, 0) is 0 Å². The highest BCUT2D eigenvalue weighted by atomic mass is 32.1. The third-order valence-corrected chi connectivity index (χ3v) is 2.20. The van der Waals surface area contributed by atoms with E-state index in [-0.39, 0.29) is 17.1 Å². The number of rotatable bonds is 3. The van der Waals surface area contributed by atoms with Gasteiger partial charge in [0.05, 0.1) is 12.7 Å². The molecule has 0 aliphatic rings. The first-order valence-electron chi connectivity index (χ1n) is 4.69. The molecule has 0 radical (unpaired) electrons. The van der Waals surface area contributed by atoms with Gasteiger partial charge in [-0.2, -0.15) is 12.6 Å². The van der Waals surface area contributed by atoms with E-state index in [9.17, 15) is 9.90 Å². The normalized spacial score (nSPS) is 9.12. The highest BCUT2D eigenvalue weighted by Gasteiger charge is 2.10. The molecule has 0 saturated carbocycles. The van der Waals surface area contributed by atoms with Gasteiger partial charge in [0.15, 0.2) is 17.8 Å². The molecule has 1 rings (SSSR count). The van der Waals surface area contributed by atoms with Gasteiger partial charge in [-0.1, -0.05) is 11.8 Å². The van der Waals surface area contributed by atoms with Crippen molar-refractivity contribution in [1.82, 2.24) is 0 Å². The minimum atomic E-state index is -0.171. The minimum Gasteiger partial charge on any atom is -0.504 e. The maximum absolute atomic E-state index is 10.9. The molecule has 0 aliphatic heterocycles. The highest BCUT2D eigenvalue weighted by Crippen LogP contribution is 2.30. The topological polar surface area (TPSA) is 46.5 Å². The second kappa shape index (κ2) is 6.09. The standard InChI is InChI=1S/C12H12O3S/c1-15-11-6-5-9(4-2-3-7-16)10(8-13)12(11)14/h5-6,8,14,16H,3,7H2,1H3. The van der Waals surface area contributed by atoms with E-state index in [1.807, 2.05) is 0 Å². The van der Waals surface area contributed by atoms with Crippen molar-refractivity contribution in [3.63, 3.8) is 0 Å². The van der Waals surface area contributed by atoms with Crippen molar-refractivity contribution in [3.8, 4) is 23.3 Å². The van der Waals surface area contributed by atoms with E-state index in [0.717, 1.165) is 0 Å². The van der Waals surface area contributed by atoms with E-state index in [4.69, 9.17) is 4.74 Å². The number of hydrogen-bond donors (Lipinski definition) is 2. The zero-order valence-electron chi connectivity index (χ0n) is 8.86. The Morgan fingerprint density at radius 3 is 2.88 bits per heavy atom. The maximum Gasteiger partial charge on any atom is 0.169 e. The van der Waals surface area contributed by atoms with Crippen molar-refractivity contribution in [2.75, 3.05) is 12.9 Å². The van der Waals surface area contributed by atoms with Gasteiger partial charge in [0, 0.05) is 17.7 Å². The van der Waals surface area contributed by atoms with Gasteiger partial charge in [0.2, 0.25) is 0 Å². The summed E-state index contributed by atoms with van der Waals surface area (Å²) in [6.45, 7) is 0. The molecule has 1 aromatic rings. The largest absolute Gasteiger partial charge is 0.504 e. The van der Waals surface area contributed by atoms with E-state index in [1.165, 1.54) is 7.11 Å². The van der Waals surface area contributed by atoms with Gasteiger partial charge in [-0.15, -0.1) is 0 Å². The SMILES string of the molecule is COc1ccc(C#CCCS)c(C=O)c1O. The van der Waals surface area contributed by atoms with E-state index in [0.29, 0.717) is 24.0 Å². The number of phenolic OH excluding ortho intramolecular Hbond substituents is 1. The van der Waals surface area contributed by atoms with E-state index in [2.05, 4.69) is 24.5 Å². The fourth-order valence-corrected chi connectivity index (χ4v) is 1.31. The first-order valence-corrected chi connectivity index (χ1v) is 5.32. The third-order valence-electron chi connectivity index (χ3n) is 1.98. The van der Waals surface area contributed by atoms with Gasteiger partial charge in [-0.25, -0.2) is 0 Å².